The van der Waals surface area contributed by atoms with Crippen LogP contribution in [0.1, 0.15) is 104 Å². The zero-order valence-corrected chi connectivity index (χ0v) is 21.2. The first-order valence-electron chi connectivity index (χ1n) is 13.2. The van der Waals surface area contributed by atoms with Crippen LogP contribution in [0.15, 0.2) is 0 Å². The molecule has 0 saturated carbocycles. The number of carbonyl (C=O) groups is 1. The zero-order valence-electron chi connectivity index (χ0n) is 21.2. The summed E-state index contributed by atoms with van der Waals surface area (Å²) in [6.45, 7) is 8.57. The minimum Gasteiger partial charge on any atom is -0.463 e. The van der Waals surface area contributed by atoms with E-state index in [1.54, 1.807) is 0 Å². The standard InChI is InChI=1S/C26H52O6/c1-3-4-5-6-7-8-9-10-11-12-13-14-15-16-17-28-18-19-29-20-21-30-22-23-31-24-25-32-26(2)27/h3-25H2,1-2H3. The molecule has 0 amide bonds. The molecule has 32 heavy (non-hydrogen) atoms. The molecule has 0 aliphatic carbocycles. The van der Waals surface area contributed by atoms with Crippen molar-refractivity contribution in [1.82, 2.24) is 0 Å². The van der Waals surface area contributed by atoms with E-state index in [0.717, 1.165) is 13.0 Å². The molecule has 0 rings (SSSR count). The van der Waals surface area contributed by atoms with Gasteiger partial charge < -0.3 is 23.7 Å². The Hall–Kier alpha value is -0.690. The molecule has 0 aromatic rings. The molecule has 192 valence electrons. The molecular formula is C26H52O6. The molecule has 0 N–H and O–H groups in total. The van der Waals surface area contributed by atoms with Crippen LogP contribution in [0, 0.1) is 0 Å². The van der Waals surface area contributed by atoms with E-state index >= 15 is 0 Å². The Labute approximate surface area is 198 Å². The van der Waals surface area contributed by atoms with Crippen LogP contribution >= 0.6 is 0 Å². The molecule has 0 fully saturated rings. The lowest BCUT2D eigenvalue weighted by molar-refractivity contribution is -0.142. The van der Waals surface area contributed by atoms with Crippen molar-refractivity contribution in [2.45, 2.75) is 104 Å². The molecule has 0 saturated heterocycles. The summed E-state index contributed by atoms with van der Waals surface area (Å²) in [5.41, 5.74) is 0. The number of unbranched alkanes of at least 4 members (excludes halogenated alkanes) is 13. The van der Waals surface area contributed by atoms with Crippen molar-refractivity contribution in [3.63, 3.8) is 0 Å². The summed E-state index contributed by atoms with van der Waals surface area (Å²) in [5.74, 6) is -0.287. The molecule has 0 atom stereocenters. The number of carbonyl (C=O) groups excluding carboxylic acids is 1. The fraction of sp³-hybridized carbons (Fsp3) is 0.962. The van der Waals surface area contributed by atoms with Crippen LogP contribution in [-0.4, -0.2) is 65.4 Å². The Kier molecular flexibility index (Phi) is 27.7. The van der Waals surface area contributed by atoms with Crippen LogP contribution in [0.4, 0.5) is 0 Å². The lowest BCUT2D eigenvalue weighted by Crippen LogP contribution is -2.13. The summed E-state index contributed by atoms with van der Waals surface area (Å²) in [6.07, 6.45) is 19.3. The quantitative estimate of drug-likeness (QED) is 0.109. The average molecular weight is 461 g/mol. The van der Waals surface area contributed by atoms with Crippen molar-refractivity contribution in [2.75, 3.05) is 59.5 Å². The number of ether oxygens (including phenoxy) is 5. The van der Waals surface area contributed by atoms with Gasteiger partial charge in [-0.15, -0.1) is 0 Å². The van der Waals surface area contributed by atoms with Gasteiger partial charge in [-0.3, -0.25) is 4.79 Å². The van der Waals surface area contributed by atoms with E-state index in [1.165, 1.54) is 90.4 Å². The summed E-state index contributed by atoms with van der Waals surface area (Å²) < 4.78 is 26.5. The van der Waals surface area contributed by atoms with Gasteiger partial charge in [0.25, 0.3) is 0 Å². The third-order valence-corrected chi connectivity index (χ3v) is 5.29. The molecule has 0 aromatic carbocycles. The SMILES string of the molecule is CCCCCCCCCCCCCCCCOCCOCCOCCOCCOC(C)=O. The topological polar surface area (TPSA) is 63.2 Å². The highest BCUT2D eigenvalue weighted by molar-refractivity contribution is 5.65. The van der Waals surface area contributed by atoms with Gasteiger partial charge >= 0.3 is 5.97 Å². The summed E-state index contributed by atoms with van der Waals surface area (Å²) in [5, 5.41) is 0. The minimum atomic E-state index is -0.287. The molecule has 6 nitrogen and oxygen atoms in total. The maximum atomic E-state index is 10.6. The van der Waals surface area contributed by atoms with E-state index in [1.807, 2.05) is 0 Å². The van der Waals surface area contributed by atoms with Crippen molar-refractivity contribution < 1.29 is 28.5 Å². The summed E-state index contributed by atoms with van der Waals surface area (Å²) >= 11 is 0. The molecule has 0 bridgehead atoms. The third kappa shape index (κ3) is 29.3. The van der Waals surface area contributed by atoms with Crippen LogP contribution in [0.25, 0.3) is 0 Å². The number of esters is 1. The van der Waals surface area contributed by atoms with Gasteiger partial charge in [-0.1, -0.05) is 90.4 Å². The van der Waals surface area contributed by atoms with Gasteiger partial charge in [-0.25, -0.2) is 0 Å². The molecule has 0 aromatic heterocycles. The summed E-state index contributed by atoms with van der Waals surface area (Å²) in [7, 11) is 0. The van der Waals surface area contributed by atoms with Crippen LogP contribution in [0.3, 0.4) is 0 Å². The van der Waals surface area contributed by atoms with E-state index in [0.29, 0.717) is 46.2 Å². The second-order valence-electron chi connectivity index (χ2n) is 8.39. The number of hydrogen-bond donors (Lipinski definition) is 0. The molecule has 6 heteroatoms. The predicted octanol–water partition coefficient (Wildman–Crippen LogP) is 6.10. The normalized spacial score (nSPS) is 11.2. The Morgan fingerprint density at radius 2 is 0.750 bits per heavy atom. The van der Waals surface area contributed by atoms with E-state index in [-0.39, 0.29) is 12.6 Å². The van der Waals surface area contributed by atoms with Gasteiger partial charge in [0, 0.05) is 13.5 Å². The van der Waals surface area contributed by atoms with E-state index in [2.05, 4.69) is 6.92 Å². The largest absolute Gasteiger partial charge is 0.463 e. The fourth-order valence-electron chi connectivity index (χ4n) is 3.40. The molecule has 0 heterocycles. The lowest BCUT2D eigenvalue weighted by Gasteiger charge is -2.07. The number of hydrogen-bond acceptors (Lipinski definition) is 6. The molecule has 0 aliphatic heterocycles. The van der Waals surface area contributed by atoms with Gasteiger partial charge in [0.1, 0.15) is 6.61 Å². The van der Waals surface area contributed by atoms with Crippen LogP contribution in [0.5, 0.6) is 0 Å². The Balaban J connectivity index is 3.00. The fourth-order valence-corrected chi connectivity index (χ4v) is 3.40. The highest BCUT2D eigenvalue weighted by Gasteiger charge is 1.96. The first-order chi connectivity index (χ1) is 15.8. The highest BCUT2D eigenvalue weighted by Crippen LogP contribution is 2.12. The molecule has 0 aliphatic rings. The van der Waals surface area contributed by atoms with E-state index < -0.39 is 0 Å². The Morgan fingerprint density at radius 1 is 0.438 bits per heavy atom. The lowest BCUT2D eigenvalue weighted by atomic mass is 10.0. The van der Waals surface area contributed by atoms with Gasteiger partial charge in [0.05, 0.1) is 46.2 Å². The van der Waals surface area contributed by atoms with Gasteiger partial charge in [-0.2, -0.15) is 0 Å². The van der Waals surface area contributed by atoms with Crippen molar-refractivity contribution in [3.8, 4) is 0 Å². The summed E-state index contributed by atoms with van der Waals surface area (Å²) in [6, 6.07) is 0. The first kappa shape index (κ1) is 31.3. The predicted molar refractivity (Wildman–Crippen MR) is 130 cm³/mol. The van der Waals surface area contributed by atoms with E-state index in [4.69, 9.17) is 23.7 Å². The monoisotopic (exact) mass is 460 g/mol. The Bertz CT molecular complexity index is 364. The average Bonchev–Trinajstić information content (AvgIpc) is 2.78. The first-order valence-corrected chi connectivity index (χ1v) is 13.2. The van der Waals surface area contributed by atoms with Crippen molar-refractivity contribution in [3.05, 3.63) is 0 Å². The minimum absolute atomic E-state index is 0.287. The smallest absolute Gasteiger partial charge is 0.302 e. The van der Waals surface area contributed by atoms with E-state index in [9.17, 15) is 4.79 Å². The third-order valence-electron chi connectivity index (χ3n) is 5.29. The Morgan fingerprint density at radius 3 is 1.12 bits per heavy atom. The van der Waals surface area contributed by atoms with Crippen LogP contribution in [0.2, 0.25) is 0 Å². The second kappa shape index (κ2) is 28.3. The van der Waals surface area contributed by atoms with Crippen LogP contribution in [-0.2, 0) is 28.5 Å². The zero-order chi connectivity index (χ0) is 23.4. The molecule has 0 spiro atoms. The maximum Gasteiger partial charge on any atom is 0.302 e. The summed E-state index contributed by atoms with van der Waals surface area (Å²) in [4.78, 5) is 10.6. The van der Waals surface area contributed by atoms with Crippen molar-refractivity contribution in [2.24, 2.45) is 0 Å². The molecule has 0 radical (unpaired) electrons. The van der Waals surface area contributed by atoms with Gasteiger partial charge in [0.2, 0.25) is 0 Å². The second-order valence-corrected chi connectivity index (χ2v) is 8.39. The maximum absolute atomic E-state index is 10.6. The molecular weight excluding hydrogens is 408 g/mol. The van der Waals surface area contributed by atoms with Crippen LogP contribution < -0.4 is 0 Å². The molecule has 0 unspecified atom stereocenters. The van der Waals surface area contributed by atoms with Gasteiger partial charge in [0.15, 0.2) is 0 Å². The van der Waals surface area contributed by atoms with Gasteiger partial charge in [-0.05, 0) is 6.42 Å². The van der Waals surface area contributed by atoms with Crippen molar-refractivity contribution in [1.29, 1.82) is 0 Å². The number of rotatable bonds is 27. The highest BCUT2D eigenvalue weighted by atomic mass is 16.6. The van der Waals surface area contributed by atoms with Crippen molar-refractivity contribution >= 4 is 5.97 Å².